The van der Waals surface area contributed by atoms with Crippen LogP contribution in [0.1, 0.15) is 205 Å². The maximum absolute atomic E-state index is 12.2. The van der Waals surface area contributed by atoms with E-state index in [4.69, 9.17) is 32.9 Å². The van der Waals surface area contributed by atoms with Gasteiger partial charge in [0.15, 0.2) is 5.78 Å². The van der Waals surface area contributed by atoms with Gasteiger partial charge in [0.05, 0.1) is 33.6 Å². The van der Waals surface area contributed by atoms with Crippen LogP contribution >= 0.6 is 0 Å². The van der Waals surface area contributed by atoms with Gasteiger partial charge in [-0.3, -0.25) is 9.78 Å². The zero-order valence-electron chi connectivity index (χ0n) is 57.6. The minimum atomic E-state index is -6.85. The van der Waals surface area contributed by atoms with E-state index in [-0.39, 0.29) is 57.3 Å². The third-order valence-corrected chi connectivity index (χ3v) is 20.8. The number of ketones is 1. The molecule has 4 aromatic rings. The van der Waals surface area contributed by atoms with Crippen LogP contribution in [0.15, 0.2) is 97.1 Å². The Kier molecular flexibility index (Phi) is 24.8. The Balaban J connectivity index is 0.000000210. The van der Waals surface area contributed by atoms with Crippen molar-refractivity contribution >= 4 is 68.5 Å². The number of benzene rings is 3. The zero-order chi connectivity index (χ0) is 73.3. The number of hydrogen-bond acceptors (Lipinski definition) is 16. The molecule has 0 spiro atoms. The van der Waals surface area contributed by atoms with Gasteiger partial charge in [0.1, 0.15) is 5.76 Å². The summed E-state index contributed by atoms with van der Waals surface area (Å²) in [4.78, 5) is 16.1. The van der Waals surface area contributed by atoms with E-state index in [9.17, 15) is 69.6 Å². The summed E-state index contributed by atoms with van der Waals surface area (Å²) >= 11 is 0. The Morgan fingerprint density at radius 2 is 0.781 bits per heavy atom. The van der Waals surface area contributed by atoms with Crippen LogP contribution in [0.5, 0.6) is 0 Å². The SMILES string of the molecule is CC1(C)OB(B2OC(C)(C)C(C)(C)O2)OC1(C)C.CC1(C)OB(C2=CCCc3ccccc32)OC1(C)C.Cc1cc(C(C)(C)C)nc(C(C)(C)C)c1.O=C1CCCc2ccccc21.O=S(=O)(OC1=CCCc2ccccc21)C(F)(F)F.O=S(=O)(OS(=O)(=O)C(F)(F)F)C(F)(F)F. The topological polar surface area (TPSA) is 206 Å². The number of fused-ring (bicyclic) bond motifs is 3. The summed E-state index contributed by atoms with van der Waals surface area (Å²) < 4.78 is 209. The van der Waals surface area contributed by atoms with E-state index in [0.29, 0.717) is 24.2 Å². The van der Waals surface area contributed by atoms with Gasteiger partial charge in [0.25, 0.3) is 0 Å². The van der Waals surface area contributed by atoms with Crippen molar-refractivity contribution in [2.45, 2.75) is 237 Å². The number of aromatic nitrogens is 1. The van der Waals surface area contributed by atoms with E-state index in [1.54, 1.807) is 18.2 Å². The Morgan fingerprint density at radius 1 is 0.448 bits per heavy atom. The van der Waals surface area contributed by atoms with Crippen LogP contribution < -0.4 is 0 Å². The molecule has 0 amide bonds. The first-order valence-corrected chi connectivity index (χ1v) is 35.1. The van der Waals surface area contributed by atoms with Gasteiger partial charge in [0.2, 0.25) is 0 Å². The molecule has 4 heterocycles. The van der Waals surface area contributed by atoms with Gasteiger partial charge in [-0.2, -0.15) is 64.8 Å². The summed E-state index contributed by atoms with van der Waals surface area (Å²) in [5.74, 6) is 0.0565. The number of nitrogens with zero attached hydrogens (tertiary/aromatic N) is 1. The van der Waals surface area contributed by atoms with E-state index in [2.05, 4.69) is 123 Å². The number of Topliss-reactive ketones (excluding diaryl/α,β-unsaturated/α-hetero) is 1. The molecule has 0 saturated carbocycles. The third kappa shape index (κ3) is 20.1. The van der Waals surface area contributed by atoms with Crippen LogP contribution in [0.2, 0.25) is 0 Å². The van der Waals surface area contributed by atoms with Gasteiger partial charge in [-0.1, -0.05) is 120 Å². The highest BCUT2D eigenvalue weighted by atomic mass is 32.3. The first-order valence-electron chi connectivity index (χ1n) is 30.9. The summed E-state index contributed by atoms with van der Waals surface area (Å²) in [6, 6.07) is 27.5. The second kappa shape index (κ2) is 29.2. The molecule has 3 fully saturated rings. The molecule has 3 aliphatic carbocycles. The van der Waals surface area contributed by atoms with Crippen LogP contribution in [0, 0.1) is 6.92 Å². The van der Waals surface area contributed by atoms with Crippen molar-refractivity contribution < 1.29 is 105 Å². The number of rotatable bonds is 6. The second-order valence-corrected chi connectivity index (χ2v) is 33.5. The van der Waals surface area contributed by atoms with E-state index in [1.807, 2.05) is 83.3 Å². The number of carbonyl (C=O) groups is 1. The minimum absolute atomic E-state index is 0.131. The van der Waals surface area contributed by atoms with Crippen molar-refractivity contribution in [3.8, 4) is 0 Å². The Morgan fingerprint density at radius 3 is 1.16 bits per heavy atom. The summed E-state index contributed by atoms with van der Waals surface area (Å²) in [7, 11) is -20.5. The van der Waals surface area contributed by atoms with Crippen molar-refractivity contribution in [3.05, 3.63) is 147 Å². The number of halogens is 9. The largest absolute Gasteiger partial charge is 0.534 e. The predicted molar refractivity (Wildman–Crippen MR) is 351 cm³/mol. The lowest BCUT2D eigenvalue weighted by Gasteiger charge is -2.32. The molecule has 0 bridgehead atoms. The standard InChI is InChI=1S/C16H21BO2.C14H23N.C12H24B2O4.C11H9F3O3S.C10H10O.C2F6O5S2/c1-15(2)16(3,4)19-17(18-15)14-11-7-9-12-8-5-6-10-13(12)14;1-10-8-11(13(2,3)4)15-12(9-10)14(5,6)7;1-9(2)10(3,4)16-13(15-9)14-17-11(5,6)12(7,8)18-14;12-11(13,14)18(15,16)17-10-7-3-5-8-4-1-2-6-9(8)10;11-10-7-3-5-8-4-1-2-6-9(8)10;3-1(4,5)14(9,10)13-15(11,12)2(6,7)8/h5-6,8,10-11H,7,9H2,1-4H3;8-9H,1-7H3;1-8H3;1-2,4,6-7H,3,5H2;1-2,4,6H,3,5,7H2;. The van der Waals surface area contributed by atoms with E-state index < -0.39 is 60.9 Å². The molecule has 0 radical (unpaired) electrons. The summed E-state index contributed by atoms with van der Waals surface area (Å²) in [6.07, 6.45) is 9.72. The Bertz CT molecular complexity index is 3680. The number of hydrogen-bond donors (Lipinski definition) is 0. The molecule has 3 aliphatic heterocycles. The monoisotopic (exact) mass is 1420 g/mol. The fourth-order valence-electron chi connectivity index (χ4n) is 9.61. The third-order valence-electron chi connectivity index (χ3n) is 17.3. The van der Waals surface area contributed by atoms with E-state index in [0.717, 1.165) is 43.2 Å². The molecule has 96 heavy (non-hydrogen) atoms. The van der Waals surface area contributed by atoms with E-state index >= 15 is 0 Å². The highest BCUT2D eigenvalue weighted by molar-refractivity contribution is 8.00. The van der Waals surface area contributed by atoms with Gasteiger partial charge in [-0.05, 0) is 180 Å². The Hall–Kier alpha value is -5.11. The van der Waals surface area contributed by atoms with Crippen LogP contribution in [-0.2, 0) is 96.2 Å². The van der Waals surface area contributed by atoms with E-state index in [1.165, 1.54) is 51.3 Å². The van der Waals surface area contributed by atoms with Crippen LogP contribution in [-0.4, -0.2) is 107 Å². The molecule has 6 aliphatic rings. The maximum atomic E-state index is 12.2. The highest BCUT2D eigenvalue weighted by Gasteiger charge is 2.64. The van der Waals surface area contributed by atoms with Crippen molar-refractivity contribution in [2.75, 3.05) is 0 Å². The lowest BCUT2D eigenvalue weighted by molar-refractivity contribution is -0.0586. The molecular weight excluding hydrogens is 1330 g/mol. The van der Waals surface area contributed by atoms with Crippen LogP contribution in [0.3, 0.4) is 0 Å². The molecular formula is C65H87B3F9NO15S3. The lowest BCUT2D eigenvalue weighted by Crippen LogP contribution is -2.41. The number of alkyl halides is 9. The van der Waals surface area contributed by atoms with Crippen LogP contribution in [0.25, 0.3) is 11.2 Å². The molecule has 3 saturated heterocycles. The molecule has 31 heteroatoms. The van der Waals surface area contributed by atoms with Gasteiger partial charge < -0.3 is 32.1 Å². The smallest absolute Gasteiger partial charge is 0.405 e. The molecule has 10 rings (SSSR count). The summed E-state index contributed by atoms with van der Waals surface area (Å²) in [5.41, 5.74) is -8.77. The van der Waals surface area contributed by atoms with Gasteiger partial charge in [-0.25, -0.2) is 0 Å². The first-order chi connectivity index (χ1) is 43.3. The normalized spacial score (nSPS) is 20.0. The maximum Gasteiger partial charge on any atom is 0.534 e. The number of aryl methyl sites for hydroxylation is 4. The van der Waals surface area contributed by atoms with Gasteiger partial charge >= 0.3 is 68.0 Å². The second-order valence-electron chi connectivity index (χ2n) is 28.7. The summed E-state index contributed by atoms with van der Waals surface area (Å²) in [5, 5.41) is 0. The molecule has 1 aromatic heterocycles. The molecule has 0 atom stereocenters. The number of allylic oxidation sites excluding steroid dienone is 2. The van der Waals surface area contributed by atoms with Gasteiger partial charge in [-0.15, -0.1) is 3.63 Å². The predicted octanol–water partition coefficient (Wildman–Crippen LogP) is 15.6. The molecule has 0 N–H and O–H groups in total. The van der Waals surface area contributed by atoms with Crippen molar-refractivity contribution in [1.29, 1.82) is 0 Å². The van der Waals surface area contributed by atoms with Crippen molar-refractivity contribution in [1.82, 2.24) is 4.98 Å². The molecule has 16 nitrogen and oxygen atoms in total. The van der Waals surface area contributed by atoms with Gasteiger partial charge in [0, 0.05) is 39.8 Å². The highest BCUT2D eigenvalue weighted by Crippen LogP contribution is 2.45. The zero-order valence-corrected chi connectivity index (χ0v) is 60.1. The summed E-state index contributed by atoms with van der Waals surface area (Å²) in [6.45, 7) is 40.0. The van der Waals surface area contributed by atoms with Crippen molar-refractivity contribution in [3.63, 3.8) is 0 Å². The first kappa shape index (κ1) is 81.6. The molecule has 532 valence electrons. The molecule has 0 unspecified atom stereocenters. The average Bonchev–Trinajstić information content (AvgIpc) is 1.58. The number of pyridine rings is 1. The Labute approximate surface area is 560 Å². The quantitative estimate of drug-likeness (QED) is 0.0761. The van der Waals surface area contributed by atoms with Crippen LogP contribution in [0.4, 0.5) is 39.5 Å². The fourth-order valence-corrected chi connectivity index (χ4v) is 11.7. The minimum Gasteiger partial charge on any atom is -0.405 e. The fraction of sp³-hybridized carbons (Fsp3) is 0.569. The molecule has 3 aromatic carbocycles. The number of carbonyl (C=O) groups excluding carboxylic acids is 1. The van der Waals surface area contributed by atoms with Crippen molar-refractivity contribution in [2.24, 2.45) is 0 Å². The average molecular weight is 1420 g/mol. The lowest BCUT2D eigenvalue weighted by atomic mass is 9.49.